The van der Waals surface area contributed by atoms with Crippen molar-refractivity contribution in [2.75, 3.05) is 12.5 Å². The van der Waals surface area contributed by atoms with Crippen molar-refractivity contribution < 1.29 is 9.00 Å². The van der Waals surface area contributed by atoms with E-state index < -0.39 is 10.1 Å². The van der Waals surface area contributed by atoms with Gasteiger partial charge in [0.05, 0.1) is 0 Å². The molecule has 0 spiro atoms. The summed E-state index contributed by atoms with van der Waals surface area (Å²) in [7, 11) is -2.07. The average molecular weight is 136 g/mol. The van der Waals surface area contributed by atoms with E-state index in [2.05, 4.69) is 4.72 Å². The Morgan fingerprint density at radius 3 is 1.88 bits per heavy atom. The van der Waals surface area contributed by atoms with Gasteiger partial charge in [-0.1, -0.05) is 4.21 Å². The number of nitrogens with one attached hydrogen (secondary N) is 1. The largest absolute Gasteiger partial charge is 0.271 e. The maximum Gasteiger partial charge on any atom is 0.257 e. The molecule has 0 aliphatic rings. The minimum atomic E-state index is -2.07. The van der Waals surface area contributed by atoms with Crippen molar-refractivity contribution in [2.24, 2.45) is 0 Å². The lowest BCUT2D eigenvalue weighted by molar-refractivity contribution is -0.117. The fourth-order valence-electron chi connectivity index (χ4n) is 0.346. The van der Waals surface area contributed by atoms with Crippen LogP contribution < -0.4 is 4.72 Å². The monoisotopic (exact) mass is 136 g/mol. The van der Waals surface area contributed by atoms with E-state index in [4.69, 9.17) is 0 Å². The van der Waals surface area contributed by atoms with Crippen LogP contribution in [0.2, 0.25) is 0 Å². The molecule has 0 aromatic rings. The molecule has 3 nitrogen and oxygen atoms in total. The van der Waals surface area contributed by atoms with E-state index in [9.17, 15) is 9.00 Å². The lowest BCUT2D eigenvalue weighted by Crippen LogP contribution is -2.31. The van der Waals surface area contributed by atoms with Gasteiger partial charge in [0, 0.05) is 6.92 Å². The smallest absolute Gasteiger partial charge is 0.257 e. The van der Waals surface area contributed by atoms with E-state index >= 15 is 0 Å². The van der Waals surface area contributed by atoms with Crippen molar-refractivity contribution in [1.82, 2.24) is 4.72 Å². The van der Waals surface area contributed by atoms with Crippen LogP contribution in [0.15, 0.2) is 0 Å². The molecule has 48 valence electrons. The van der Waals surface area contributed by atoms with Crippen LogP contribution in [0.5, 0.6) is 0 Å². The fourth-order valence-corrected chi connectivity index (χ4v) is 1.04. The van der Waals surface area contributed by atoms with Gasteiger partial charge in [-0.25, -0.2) is 0 Å². The number of rotatable bonds is 1. The lowest BCUT2D eigenvalue weighted by atomic mass is 10.8. The van der Waals surface area contributed by atoms with Crippen LogP contribution in [0, 0.1) is 0 Å². The molecule has 1 N–H and O–H groups in total. The van der Waals surface area contributed by atoms with Gasteiger partial charge >= 0.3 is 0 Å². The van der Waals surface area contributed by atoms with Gasteiger partial charge in [-0.05, 0) is 0 Å². The van der Waals surface area contributed by atoms with Gasteiger partial charge in [0.25, 0.3) is 5.91 Å². The van der Waals surface area contributed by atoms with Crippen molar-refractivity contribution in [3.05, 3.63) is 0 Å². The minimum Gasteiger partial charge on any atom is -0.271 e. The van der Waals surface area contributed by atoms with E-state index in [0.29, 0.717) is 0 Å². The van der Waals surface area contributed by atoms with Crippen molar-refractivity contribution >= 4 is 16.0 Å². The second-order valence-corrected chi connectivity index (χ2v) is 4.56. The zero-order valence-corrected chi connectivity index (χ0v) is 6.04. The van der Waals surface area contributed by atoms with E-state index in [0.717, 1.165) is 0 Å². The lowest BCUT2D eigenvalue weighted by Gasteiger charge is -1.96. The van der Waals surface area contributed by atoms with Crippen LogP contribution in [-0.4, -0.2) is 18.4 Å². The Morgan fingerprint density at radius 2 is 1.88 bits per heavy atom. The third-order valence-electron chi connectivity index (χ3n) is 0.390. The molecule has 0 aliphatic carbocycles. The first kappa shape index (κ1) is 7.62. The molecule has 8 heavy (non-hydrogen) atoms. The van der Waals surface area contributed by atoms with Crippen molar-refractivity contribution in [1.29, 1.82) is 0 Å². The molecule has 1 amide bonds. The Kier molecular flexibility index (Phi) is 2.15. The highest BCUT2D eigenvalue weighted by atomic mass is 32.3. The van der Waals surface area contributed by atoms with E-state index in [1.807, 2.05) is 0 Å². The molecule has 0 saturated carbocycles. The van der Waals surface area contributed by atoms with Crippen LogP contribution in [-0.2, 0) is 19.1 Å². The molecule has 0 bridgehead atoms. The molecule has 4 heteroatoms. The Balaban J connectivity index is 3.74. The van der Waals surface area contributed by atoms with Crippen LogP contribution >= 0.6 is 0 Å². The summed E-state index contributed by atoms with van der Waals surface area (Å²) in [6.45, 7) is 1.34. The first-order valence-corrected chi connectivity index (χ1v) is 4.52. The van der Waals surface area contributed by atoms with E-state index in [1.165, 1.54) is 19.4 Å². The maximum atomic E-state index is 10.7. The zero-order valence-electron chi connectivity index (χ0n) is 5.22. The van der Waals surface area contributed by atoms with Gasteiger partial charge in [-0.15, -0.1) is 0 Å². The number of hydrogen-bond acceptors (Lipinski definition) is 2. The van der Waals surface area contributed by atoms with E-state index in [-0.39, 0.29) is 5.91 Å². The van der Waals surface area contributed by atoms with Crippen LogP contribution in [0.25, 0.3) is 0 Å². The fraction of sp³-hybridized carbons (Fsp3) is 0.750. The average Bonchev–Trinajstić information content (AvgIpc) is 1.21. The third-order valence-corrected chi connectivity index (χ3v) is 1.17. The quantitative estimate of drug-likeness (QED) is 0.507. The number of hydrogen-bond donors (Lipinski definition) is 1. The minimum absolute atomic E-state index is 0.250. The Morgan fingerprint density at radius 1 is 1.50 bits per heavy atom. The first-order chi connectivity index (χ1) is 3.42. The summed E-state index contributed by atoms with van der Waals surface area (Å²) in [5.41, 5.74) is 0. The molecule has 0 saturated heterocycles. The standard InChI is InChI=1S/C4H9NO2S/c1-4(6)5-8(2,3)7/h1-3H3/p+1. The molecular weight excluding hydrogens is 126 g/mol. The summed E-state index contributed by atoms with van der Waals surface area (Å²) in [4.78, 5) is 10.2. The van der Waals surface area contributed by atoms with Crippen molar-refractivity contribution in [2.45, 2.75) is 6.92 Å². The van der Waals surface area contributed by atoms with Gasteiger partial charge < -0.3 is 0 Å². The summed E-state index contributed by atoms with van der Waals surface area (Å²) < 4.78 is 12.9. The molecule has 0 radical (unpaired) electrons. The molecule has 0 rings (SSSR count). The van der Waals surface area contributed by atoms with Gasteiger partial charge in [-0.3, -0.25) is 4.79 Å². The molecule has 0 fully saturated rings. The summed E-state index contributed by atoms with van der Waals surface area (Å²) in [6, 6.07) is 0. The summed E-state index contributed by atoms with van der Waals surface area (Å²) >= 11 is 0. The Bertz CT molecular complexity index is 137. The number of amides is 1. The second kappa shape index (κ2) is 2.26. The summed E-state index contributed by atoms with van der Waals surface area (Å²) in [5.74, 6) is -0.250. The van der Waals surface area contributed by atoms with Crippen LogP contribution in [0.1, 0.15) is 6.92 Å². The Hall–Kier alpha value is -0.380. The van der Waals surface area contributed by atoms with E-state index in [1.54, 1.807) is 0 Å². The molecule has 0 aliphatic heterocycles. The van der Waals surface area contributed by atoms with Crippen molar-refractivity contribution in [3.8, 4) is 0 Å². The summed E-state index contributed by atoms with van der Waals surface area (Å²) in [6.07, 6.45) is 2.96. The maximum absolute atomic E-state index is 10.7. The molecule has 0 aromatic heterocycles. The highest BCUT2D eigenvalue weighted by Gasteiger charge is 2.11. The van der Waals surface area contributed by atoms with Crippen LogP contribution in [0.4, 0.5) is 0 Å². The second-order valence-electron chi connectivity index (χ2n) is 1.89. The van der Waals surface area contributed by atoms with Crippen LogP contribution in [0.3, 0.4) is 0 Å². The van der Waals surface area contributed by atoms with Gasteiger partial charge in [0.1, 0.15) is 12.5 Å². The van der Waals surface area contributed by atoms with Crippen molar-refractivity contribution in [3.63, 3.8) is 0 Å². The van der Waals surface area contributed by atoms with Gasteiger partial charge in [-0.2, -0.15) is 4.72 Å². The first-order valence-electron chi connectivity index (χ1n) is 2.14. The normalized spacial score (nSPS) is 10.9. The molecular formula is C4H10NO2S+. The molecule has 0 unspecified atom stereocenters. The Labute approximate surface area is 50.0 Å². The number of carbonyl (C=O) groups excluding carboxylic acids is 1. The summed E-state index contributed by atoms with van der Waals surface area (Å²) in [5, 5.41) is 0. The molecule has 0 atom stereocenters. The predicted molar refractivity (Wildman–Crippen MR) is 33.7 cm³/mol. The SMILES string of the molecule is CC(=O)N[S+](C)(C)=O. The highest BCUT2D eigenvalue weighted by Crippen LogP contribution is 1.82. The number of carbonyl (C=O) groups is 1. The topological polar surface area (TPSA) is 46.2 Å². The van der Waals surface area contributed by atoms with Gasteiger partial charge in [0.2, 0.25) is 0 Å². The predicted octanol–water partition coefficient (Wildman–Crippen LogP) is -0.203. The molecule has 0 heterocycles. The van der Waals surface area contributed by atoms with Gasteiger partial charge in [0.15, 0.2) is 10.1 Å². The molecule has 0 aromatic carbocycles. The highest BCUT2D eigenvalue weighted by molar-refractivity contribution is 8.00. The third kappa shape index (κ3) is 5.62. The zero-order chi connectivity index (χ0) is 6.78.